The lowest BCUT2D eigenvalue weighted by Crippen LogP contribution is -1.96. The molecule has 0 aliphatic rings. The number of ether oxygens (including phenoxy) is 2. The van der Waals surface area contributed by atoms with Gasteiger partial charge < -0.3 is 9.47 Å². The van der Waals surface area contributed by atoms with E-state index in [2.05, 4.69) is 35.9 Å². The third kappa shape index (κ3) is 3.67. The molecule has 0 aromatic heterocycles. The van der Waals surface area contributed by atoms with Gasteiger partial charge in [0.05, 0.1) is 14.2 Å². The molecule has 0 bridgehead atoms. The lowest BCUT2D eigenvalue weighted by Gasteiger charge is -2.12. The van der Waals surface area contributed by atoms with Gasteiger partial charge in [0.2, 0.25) is 0 Å². The van der Waals surface area contributed by atoms with Crippen molar-refractivity contribution in [2.24, 2.45) is 0 Å². The quantitative estimate of drug-likeness (QED) is 0.586. The zero-order chi connectivity index (χ0) is 15.9. The fourth-order valence-corrected chi connectivity index (χ4v) is 2.52. The molecule has 2 aromatic rings. The second-order valence-corrected chi connectivity index (χ2v) is 5.18. The molecule has 2 aromatic carbocycles. The van der Waals surface area contributed by atoms with Crippen LogP contribution < -0.4 is 4.74 Å². The van der Waals surface area contributed by atoms with Crippen LogP contribution >= 0.6 is 0 Å². The molecule has 0 aliphatic carbocycles. The van der Waals surface area contributed by atoms with Gasteiger partial charge in [0, 0.05) is 6.08 Å². The molecule has 0 heterocycles. The van der Waals surface area contributed by atoms with Gasteiger partial charge in [-0.05, 0) is 52.9 Å². The smallest absolute Gasteiger partial charge is 0.330 e. The lowest BCUT2D eigenvalue weighted by molar-refractivity contribution is -0.134. The standard InChI is InChI=1S/C19H22O3/c1-4-5-6-17-14(10-12-19(20)22-3)7-8-15-9-11-16(21-2)13-18(15)17/h7-13H,4-6H2,1-3H3. The summed E-state index contributed by atoms with van der Waals surface area (Å²) in [6.45, 7) is 2.18. The van der Waals surface area contributed by atoms with Gasteiger partial charge in [-0.1, -0.05) is 31.5 Å². The maximum atomic E-state index is 11.3. The van der Waals surface area contributed by atoms with Crippen molar-refractivity contribution in [1.29, 1.82) is 0 Å². The number of aryl methyl sites for hydroxylation is 1. The number of carbonyl (C=O) groups excluding carboxylic acids is 1. The van der Waals surface area contributed by atoms with Crippen molar-refractivity contribution in [1.82, 2.24) is 0 Å². The molecule has 0 atom stereocenters. The molecule has 116 valence electrons. The Labute approximate surface area is 131 Å². The first kappa shape index (κ1) is 16.1. The van der Waals surface area contributed by atoms with Crippen molar-refractivity contribution in [2.75, 3.05) is 14.2 Å². The Balaban J connectivity index is 2.54. The molecule has 22 heavy (non-hydrogen) atoms. The Kier molecular flexibility index (Phi) is 5.59. The van der Waals surface area contributed by atoms with E-state index in [1.165, 1.54) is 29.5 Å². The van der Waals surface area contributed by atoms with Crippen LogP contribution in [0.3, 0.4) is 0 Å². The zero-order valence-corrected chi connectivity index (χ0v) is 13.4. The Hall–Kier alpha value is -2.29. The van der Waals surface area contributed by atoms with Gasteiger partial charge in [0.25, 0.3) is 0 Å². The summed E-state index contributed by atoms with van der Waals surface area (Å²) in [5.74, 6) is 0.506. The SMILES string of the molecule is CCCCc1c(C=CC(=O)OC)ccc2ccc(OC)cc12. The fourth-order valence-electron chi connectivity index (χ4n) is 2.52. The van der Waals surface area contributed by atoms with Gasteiger partial charge in [0.1, 0.15) is 5.75 Å². The van der Waals surface area contributed by atoms with Crippen LogP contribution in [0.4, 0.5) is 0 Å². The summed E-state index contributed by atoms with van der Waals surface area (Å²) in [5, 5.41) is 2.36. The summed E-state index contributed by atoms with van der Waals surface area (Å²) < 4.78 is 10.0. The van der Waals surface area contributed by atoms with Crippen LogP contribution in [0.5, 0.6) is 5.75 Å². The molecular formula is C19H22O3. The Morgan fingerprint density at radius 2 is 1.95 bits per heavy atom. The Morgan fingerprint density at radius 3 is 2.64 bits per heavy atom. The largest absolute Gasteiger partial charge is 0.497 e. The number of hydrogen-bond donors (Lipinski definition) is 0. The highest BCUT2D eigenvalue weighted by Gasteiger charge is 2.07. The van der Waals surface area contributed by atoms with Crippen molar-refractivity contribution >= 4 is 22.8 Å². The molecular weight excluding hydrogens is 276 g/mol. The molecule has 3 heteroatoms. The number of rotatable bonds is 6. The normalized spacial score (nSPS) is 11.0. The second-order valence-electron chi connectivity index (χ2n) is 5.18. The van der Waals surface area contributed by atoms with E-state index in [4.69, 9.17) is 4.74 Å². The highest BCUT2D eigenvalue weighted by molar-refractivity contribution is 5.92. The molecule has 0 saturated carbocycles. The Morgan fingerprint density at radius 1 is 1.18 bits per heavy atom. The molecule has 0 radical (unpaired) electrons. The highest BCUT2D eigenvalue weighted by Crippen LogP contribution is 2.28. The molecule has 3 nitrogen and oxygen atoms in total. The number of methoxy groups -OCH3 is 2. The zero-order valence-electron chi connectivity index (χ0n) is 13.4. The van der Waals surface area contributed by atoms with Crippen LogP contribution in [-0.4, -0.2) is 20.2 Å². The summed E-state index contributed by atoms with van der Waals surface area (Å²) in [4.78, 5) is 11.3. The molecule has 2 rings (SSSR count). The van der Waals surface area contributed by atoms with Crippen molar-refractivity contribution in [3.8, 4) is 5.75 Å². The molecule has 0 spiro atoms. The first-order valence-corrected chi connectivity index (χ1v) is 7.55. The van der Waals surface area contributed by atoms with E-state index < -0.39 is 0 Å². The predicted molar refractivity (Wildman–Crippen MR) is 90.2 cm³/mol. The predicted octanol–water partition coefficient (Wildman–Crippen LogP) is 4.38. The van der Waals surface area contributed by atoms with Crippen LogP contribution in [0.15, 0.2) is 36.4 Å². The van der Waals surface area contributed by atoms with E-state index in [0.717, 1.165) is 30.6 Å². The fraction of sp³-hybridized carbons (Fsp3) is 0.316. The van der Waals surface area contributed by atoms with Crippen LogP contribution in [-0.2, 0) is 16.0 Å². The van der Waals surface area contributed by atoms with Crippen LogP contribution in [0, 0.1) is 0 Å². The molecule has 0 unspecified atom stereocenters. The third-order valence-electron chi connectivity index (χ3n) is 3.76. The number of hydrogen-bond acceptors (Lipinski definition) is 3. The van der Waals surface area contributed by atoms with Gasteiger partial charge in [0.15, 0.2) is 0 Å². The topological polar surface area (TPSA) is 35.5 Å². The van der Waals surface area contributed by atoms with E-state index in [0.29, 0.717) is 0 Å². The monoisotopic (exact) mass is 298 g/mol. The molecule has 0 fully saturated rings. The maximum Gasteiger partial charge on any atom is 0.330 e. The molecule has 0 amide bonds. The lowest BCUT2D eigenvalue weighted by atomic mass is 9.94. The number of esters is 1. The van der Waals surface area contributed by atoms with Crippen molar-refractivity contribution in [3.05, 3.63) is 47.5 Å². The average Bonchev–Trinajstić information content (AvgIpc) is 2.57. The summed E-state index contributed by atoms with van der Waals surface area (Å²) in [5.41, 5.74) is 2.30. The highest BCUT2D eigenvalue weighted by atomic mass is 16.5. The summed E-state index contributed by atoms with van der Waals surface area (Å²) >= 11 is 0. The summed E-state index contributed by atoms with van der Waals surface area (Å²) in [7, 11) is 3.06. The Bertz CT molecular complexity index is 686. The van der Waals surface area contributed by atoms with Gasteiger partial charge in [-0.15, -0.1) is 0 Å². The molecule has 0 N–H and O–H groups in total. The maximum absolute atomic E-state index is 11.3. The van der Waals surface area contributed by atoms with Crippen molar-refractivity contribution < 1.29 is 14.3 Å². The van der Waals surface area contributed by atoms with Crippen LogP contribution in [0.25, 0.3) is 16.8 Å². The minimum atomic E-state index is -0.341. The van der Waals surface area contributed by atoms with E-state index >= 15 is 0 Å². The number of carbonyl (C=O) groups is 1. The average molecular weight is 298 g/mol. The van der Waals surface area contributed by atoms with E-state index in [1.807, 2.05) is 12.1 Å². The van der Waals surface area contributed by atoms with Gasteiger partial charge >= 0.3 is 5.97 Å². The van der Waals surface area contributed by atoms with Crippen molar-refractivity contribution in [3.63, 3.8) is 0 Å². The van der Waals surface area contributed by atoms with Gasteiger partial charge in [-0.3, -0.25) is 0 Å². The number of benzene rings is 2. The van der Waals surface area contributed by atoms with Gasteiger partial charge in [-0.25, -0.2) is 4.79 Å². The van der Waals surface area contributed by atoms with Crippen molar-refractivity contribution in [2.45, 2.75) is 26.2 Å². The number of fused-ring (bicyclic) bond motifs is 1. The van der Waals surface area contributed by atoms with Gasteiger partial charge in [-0.2, -0.15) is 0 Å². The minimum Gasteiger partial charge on any atom is -0.497 e. The third-order valence-corrected chi connectivity index (χ3v) is 3.76. The number of unbranched alkanes of at least 4 members (excludes halogenated alkanes) is 1. The minimum absolute atomic E-state index is 0.341. The van der Waals surface area contributed by atoms with E-state index in [-0.39, 0.29) is 5.97 Å². The van der Waals surface area contributed by atoms with Crippen LogP contribution in [0.1, 0.15) is 30.9 Å². The van der Waals surface area contributed by atoms with E-state index in [9.17, 15) is 4.79 Å². The van der Waals surface area contributed by atoms with E-state index in [1.54, 1.807) is 7.11 Å². The first-order valence-electron chi connectivity index (χ1n) is 7.55. The summed E-state index contributed by atoms with van der Waals surface area (Å²) in [6, 6.07) is 10.2. The first-order chi connectivity index (χ1) is 10.7. The second kappa shape index (κ2) is 7.64. The summed E-state index contributed by atoms with van der Waals surface area (Å²) in [6.07, 6.45) is 6.50. The molecule has 0 saturated heterocycles. The molecule has 0 aliphatic heterocycles. The van der Waals surface area contributed by atoms with Crippen LogP contribution in [0.2, 0.25) is 0 Å².